The van der Waals surface area contributed by atoms with Crippen molar-refractivity contribution in [3.63, 3.8) is 0 Å². The third-order valence-electron chi connectivity index (χ3n) is 4.31. The number of amides is 2. The maximum Gasteiger partial charge on any atom is 0.321 e. The molecule has 2 heterocycles. The predicted octanol–water partition coefficient (Wildman–Crippen LogP) is 2.54. The molecule has 1 fully saturated rings. The maximum atomic E-state index is 12.3. The highest BCUT2D eigenvalue weighted by Gasteiger charge is 2.22. The summed E-state index contributed by atoms with van der Waals surface area (Å²) in [6.45, 7) is 3.51. The summed E-state index contributed by atoms with van der Waals surface area (Å²) in [6, 6.07) is 7.24. The number of carbonyl (C=O) groups excluding carboxylic acids is 1. The normalized spacial score (nSPS) is 15.5. The van der Waals surface area contributed by atoms with Gasteiger partial charge in [-0.3, -0.25) is 0 Å². The standard InChI is InChI=1S/C17H22N4O3/c1-2-15-19-20-16(24-15)13-3-5-14(6-4-13)18-17(23)21-9-7-12(11-22)8-10-21/h3-6,12,22H,2,7-11H2,1H3,(H,18,23). The number of anilines is 1. The molecule has 3 rings (SSSR count). The molecule has 2 aromatic rings. The predicted molar refractivity (Wildman–Crippen MR) is 89.5 cm³/mol. The van der Waals surface area contributed by atoms with E-state index in [1.54, 1.807) is 4.90 Å². The molecule has 2 amide bonds. The van der Waals surface area contributed by atoms with Gasteiger partial charge in [0.15, 0.2) is 0 Å². The maximum absolute atomic E-state index is 12.3. The number of aliphatic hydroxyl groups excluding tert-OH is 1. The van der Waals surface area contributed by atoms with Gasteiger partial charge < -0.3 is 19.7 Å². The van der Waals surface area contributed by atoms with Gasteiger partial charge in [-0.2, -0.15) is 0 Å². The number of aliphatic hydroxyl groups is 1. The lowest BCUT2D eigenvalue weighted by Gasteiger charge is -2.31. The second-order valence-corrected chi connectivity index (χ2v) is 5.98. The monoisotopic (exact) mass is 330 g/mol. The van der Waals surface area contributed by atoms with E-state index in [-0.39, 0.29) is 12.6 Å². The minimum Gasteiger partial charge on any atom is -0.421 e. The summed E-state index contributed by atoms with van der Waals surface area (Å²) in [4.78, 5) is 14.1. The fourth-order valence-electron chi connectivity index (χ4n) is 2.73. The number of aromatic nitrogens is 2. The van der Waals surface area contributed by atoms with Gasteiger partial charge in [0.1, 0.15) is 0 Å². The second-order valence-electron chi connectivity index (χ2n) is 5.98. The Labute approximate surface area is 140 Å². The summed E-state index contributed by atoms with van der Waals surface area (Å²) in [7, 11) is 0. The van der Waals surface area contributed by atoms with E-state index in [1.807, 2.05) is 31.2 Å². The Morgan fingerprint density at radius 1 is 1.29 bits per heavy atom. The highest BCUT2D eigenvalue weighted by Crippen LogP contribution is 2.21. The van der Waals surface area contributed by atoms with Crippen molar-refractivity contribution in [2.45, 2.75) is 26.2 Å². The first-order valence-electron chi connectivity index (χ1n) is 8.29. The van der Waals surface area contributed by atoms with E-state index in [0.717, 1.165) is 24.1 Å². The van der Waals surface area contributed by atoms with Gasteiger partial charge in [0.05, 0.1) is 0 Å². The van der Waals surface area contributed by atoms with Crippen molar-refractivity contribution in [2.24, 2.45) is 5.92 Å². The molecule has 2 N–H and O–H groups in total. The quantitative estimate of drug-likeness (QED) is 0.899. The molecule has 7 heteroatoms. The average Bonchev–Trinajstić information content (AvgIpc) is 3.11. The van der Waals surface area contributed by atoms with Gasteiger partial charge in [-0.05, 0) is 43.0 Å². The largest absolute Gasteiger partial charge is 0.421 e. The number of carbonyl (C=O) groups is 1. The number of hydrogen-bond acceptors (Lipinski definition) is 5. The van der Waals surface area contributed by atoms with Gasteiger partial charge in [-0.1, -0.05) is 6.92 Å². The van der Waals surface area contributed by atoms with Crippen molar-refractivity contribution in [3.05, 3.63) is 30.2 Å². The van der Waals surface area contributed by atoms with Crippen molar-refractivity contribution >= 4 is 11.7 Å². The Hall–Kier alpha value is -2.41. The van der Waals surface area contributed by atoms with Crippen LogP contribution in [0.3, 0.4) is 0 Å². The number of likely N-dealkylation sites (tertiary alicyclic amines) is 1. The Morgan fingerprint density at radius 3 is 2.58 bits per heavy atom. The topological polar surface area (TPSA) is 91.5 Å². The molecule has 0 aliphatic carbocycles. The third kappa shape index (κ3) is 3.73. The Morgan fingerprint density at radius 2 is 2.00 bits per heavy atom. The average molecular weight is 330 g/mol. The van der Waals surface area contributed by atoms with E-state index in [9.17, 15) is 4.79 Å². The second kappa shape index (κ2) is 7.44. The van der Waals surface area contributed by atoms with Crippen LogP contribution in [0.25, 0.3) is 11.5 Å². The molecule has 0 unspecified atom stereocenters. The number of nitrogens with zero attached hydrogens (tertiary/aromatic N) is 3. The van der Waals surface area contributed by atoms with E-state index in [4.69, 9.17) is 9.52 Å². The number of piperidine rings is 1. The molecule has 1 aliphatic rings. The highest BCUT2D eigenvalue weighted by atomic mass is 16.4. The van der Waals surface area contributed by atoms with Crippen molar-refractivity contribution in [1.82, 2.24) is 15.1 Å². The number of rotatable bonds is 4. The molecule has 24 heavy (non-hydrogen) atoms. The van der Waals surface area contributed by atoms with Crippen molar-refractivity contribution in [3.8, 4) is 11.5 Å². The summed E-state index contributed by atoms with van der Waals surface area (Å²) in [5.74, 6) is 1.40. The molecular weight excluding hydrogens is 308 g/mol. The van der Waals surface area contributed by atoms with E-state index in [0.29, 0.717) is 37.2 Å². The van der Waals surface area contributed by atoms with Crippen LogP contribution in [0.1, 0.15) is 25.7 Å². The number of aryl methyl sites for hydroxylation is 1. The smallest absolute Gasteiger partial charge is 0.321 e. The summed E-state index contributed by atoms with van der Waals surface area (Å²) in [5, 5.41) is 20.0. The van der Waals surface area contributed by atoms with Gasteiger partial charge in [-0.25, -0.2) is 4.79 Å². The minimum atomic E-state index is -0.106. The molecule has 0 bridgehead atoms. The van der Waals surface area contributed by atoms with Crippen LogP contribution >= 0.6 is 0 Å². The van der Waals surface area contributed by atoms with Gasteiger partial charge >= 0.3 is 6.03 Å². The van der Waals surface area contributed by atoms with Crippen LogP contribution in [0.15, 0.2) is 28.7 Å². The molecule has 0 radical (unpaired) electrons. The van der Waals surface area contributed by atoms with Crippen LogP contribution in [0.2, 0.25) is 0 Å². The van der Waals surface area contributed by atoms with Gasteiger partial charge in [0.2, 0.25) is 11.8 Å². The molecule has 0 saturated carbocycles. The zero-order chi connectivity index (χ0) is 16.9. The molecule has 1 aromatic heterocycles. The third-order valence-corrected chi connectivity index (χ3v) is 4.31. The number of urea groups is 1. The molecule has 7 nitrogen and oxygen atoms in total. The van der Waals surface area contributed by atoms with Crippen LogP contribution in [-0.4, -0.2) is 45.9 Å². The van der Waals surface area contributed by atoms with E-state index >= 15 is 0 Å². The summed E-state index contributed by atoms with van der Waals surface area (Å²) >= 11 is 0. The van der Waals surface area contributed by atoms with Gasteiger partial charge in [0, 0.05) is 37.4 Å². The lowest BCUT2D eigenvalue weighted by atomic mass is 9.98. The van der Waals surface area contributed by atoms with Crippen LogP contribution in [0.5, 0.6) is 0 Å². The van der Waals surface area contributed by atoms with E-state index in [2.05, 4.69) is 15.5 Å². The molecule has 1 aliphatic heterocycles. The van der Waals surface area contributed by atoms with E-state index < -0.39 is 0 Å². The fourth-order valence-corrected chi connectivity index (χ4v) is 2.73. The summed E-state index contributed by atoms with van der Waals surface area (Å²) < 4.78 is 5.52. The lowest BCUT2D eigenvalue weighted by molar-refractivity contribution is 0.143. The van der Waals surface area contributed by atoms with Gasteiger partial charge in [0.25, 0.3) is 0 Å². The number of hydrogen-bond donors (Lipinski definition) is 2. The van der Waals surface area contributed by atoms with Gasteiger partial charge in [-0.15, -0.1) is 10.2 Å². The molecule has 1 aromatic carbocycles. The summed E-state index contributed by atoms with van der Waals surface area (Å²) in [6.07, 6.45) is 2.40. The number of nitrogens with one attached hydrogen (secondary N) is 1. The molecule has 0 spiro atoms. The van der Waals surface area contributed by atoms with Crippen LogP contribution in [-0.2, 0) is 6.42 Å². The lowest BCUT2D eigenvalue weighted by Crippen LogP contribution is -2.41. The Bertz CT molecular complexity index is 675. The Balaban J connectivity index is 1.59. The van der Waals surface area contributed by atoms with Crippen LogP contribution in [0.4, 0.5) is 10.5 Å². The molecule has 0 atom stereocenters. The van der Waals surface area contributed by atoms with Crippen molar-refractivity contribution in [2.75, 3.05) is 25.0 Å². The molecule has 1 saturated heterocycles. The first kappa shape index (κ1) is 16.4. The van der Waals surface area contributed by atoms with Crippen molar-refractivity contribution in [1.29, 1.82) is 0 Å². The van der Waals surface area contributed by atoms with Crippen LogP contribution in [0, 0.1) is 5.92 Å². The highest BCUT2D eigenvalue weighted by molar-refractivity contribution is 5.89. The summed E-state index contributed by atoms with van der Waals surface area (Å²) in [5.41, 5.74) is 1.55. The first-order chi connectivity index (χ1) is 11.7. The molecular formula is C17H22N4O3. The Kier molecular flexibility index (Phi) is 5.10. The van der Waals surface area contributed by atoms with Crippen molar-refractivity contribution < 1.29 is 14.3 Å². The molecule has 128 valence electrons. The first-order valence-corrected chi connectivity index (χ1v) is 8.29. The number of benzene rings is 1. The SMILES string of the molecule is CCc1nnc(-c2ccc(NC(=O)N3CCC(CO)CC3)cc2)o1. The zero-order valence-electron chi connectivity index (χ0n) is 13.7. The minimum absolute atomic E-state index is 0.106. The van der Waals surface area contributed by atoms with Crippen LogP contribution < -0.4 is 5.32 Å². The zero-order valence-corrected chi connectivity index (χ0v) is 13.7. The van der Waals surface area contributed by atoms with E-state index in [1.165, 1.54) is 0 Å². The fraction of sp³-hybridized carbons (Fsp3) is 0.471.